The van der Waals surface area contributed by atoms with Crippen molar-refractivity contribution in [2.24, 2.45) is 0 Å². The zero-order chi connectivity index (χ0) is 21.1. The molecule has 0 aliphatic carbocycles. The van der Waals surface area contributed by atoms with E-state index < -0.39 is 17.0 Å². The molecule has 154 valence electrons. The minimum absolute atomic E-state index is 0.111. The average Bonchev–Trinajstić information content (AvgIpc) is 3.03. The van der Waals surface area contributed by atoms with Crippen LogP contribution in [0.3, 0.4) is 0 Å². The summed E-state index contributed by atoms with van der Waals surface area (Å²) < 4.78 is 13.9. The van der Waals surface area contributed by atoms with Gasteiger partial charge in [-0.25, -0.2) is 4.39 Å². The molecule has 1 atom stereocenters. The molecule has 0 spiro atoms. The van der Waals surface area contributed by atoms with E-state index in [1.54, 1.807) is 29.4 Å². The summed E-state index contributed by atoms with van der Waals surface area (Å²) in [5.41, 5.74) is 1.17. The lowest BCUT2D eigenvalue weighted by Crippen LogP contribution is -2.45. The van der Waals surface area contributed by atoms with Gasteiger partial charge in [-0.2, -0.15) is 0 Å². The molecule has 1 aromatic carbocycles. The van der Waals surface area contributed by atoms with E-state index in [9.17, 15) is 18.8 Å². The monoisotopic (exact) mass is 425 g/mol. The van der Waals surface area contributed by atoms with Crippen LogP contribution in [-0.4, -0.2) is 44.9 Å². The van der Waals surface area contributed by atoms with Gasteiger partial charge in [0, 0.05) is 24.5 Å². The van der Waals surface area contributed by atoms with E-state index in [1.165, 1.54) is 18.2 Å². The Kier molecular flexibility index (Phi) is 5.94. The Balaban J connectivity index is 1.50. The first-order valence-electron chi connectivity index (χ1n) is 9.74. The number of hydrogen-bond donors (Lipinski definition) is 0. The van der Waals surface area contributed by atoms with Crippen LogP contribution in [0.1, 0.15) is 36.4 Å². The van der Waals surface area contributed by atoms with Gasteiger partial charge in [0.15, 0.2) is 0 Å². The lowest BCUT2D eigenvalue weighted by molar-refractivity contribution is -0.138. The summed E-state index contributed by atoms with van der Waals surface area (Å²) in [6.45, 7) is 0.246. The molecule has 1 aromatic heterocycles. The molecule has 6 nitrogen and oxygen atoms in total. The fourth-order valence-corrected chi connectivity index (χ4v) is 4.57. The number of nitrogens with zero attached hydrogens (tertiary/aromatic N) is 3. The van der Waals surface area contributed by atoms with Crippen LogP contribution in [0.25, 0.3) is 6.08 Å². The molecule has 2 fully saturated rings. The topological polar surface area (TPSA) is 70.6 Å². The molecule has 0 N–H and O–H groups in total. The second kappa shape index (κ2) is 8.79. The number of benzene rings is 1. The van der Waals surface area contributed by atoms with Crippen molar-refractivity contribution in [1.82, 2.24) is 14.8 Å². The number of aromatic nitrogens is 1. The quantitative estimate of drug-likeness (QED) is 0.693. The summed E-state index contributed by atoms with van der Waals surface area (Å²) in [6.07, 6.45) is 7.46. The largest absolute Gasteiger partial charge is 0.334 e. The van der Waals surface area contributed by atoms with Gasteiger partial charge in [0.1, 0.15) is 12.4 Å². The number of pyridine rings is 1. The van der Waals surface area contributed by atoms with Crippen LogP contribution < -0.4 is 0 Å². The van der Waals surface area contributed by atoms with E-state index in [4.69, 9.17) is 0 Å². The van der Waals surface area contributed by atoms with Crippen LogP contribution >= 0.6 is 11.8 Å². The van der Waals surface area contributed by atoms with Gasteiger partial charge >= 0.3 is 0 Å². The number of hydrogen-bond acceptors (Lipinski definition) is 5. The van der Waals surface area contributed by atoms with Gasteiger partial charge in [0.25, 0.3) is 11.1 Å². The van der Waals surface area contributed by atoms with Crippen LogP contribution in [-0.2, 0) is 9.59 Å². The molecule has 2 aliphatic heterocycles. The fraction of sp³-hybridized carbons (Fsp3) is 0.273. The molecule has 1 unspecified atom stereocenters. The fourth-order valence-electron chi connectivity index (χ4n) is 3.75. The summed E-state index contributed by atoms with van der Waals surface area (Å²) in [6, 6.07) is 9.66. The third-order valence-corrected chi connectivity index (χ3v) is 6.16. The molecule has 3 heterocycles. The maximum atomic E-state index is 13.9. The minimum atomic E-state index is -0.573. The summed E-state index contributed by atoms with van der Waals surface area (Å²) in [5, 5.41) is -0.522. The Morgan fingerprint density at radius 3 is 2.80 bits per heavy atom. The summed E-state index contributed by atoms with van der Waals surface area (Å²) >= 11 is 0.722. The van der Waals surface area contributed by atoms with Gasteiger partial charge in [0.2, 0.25) is 5.91 Å². The molecule has 2 saturated heterocycles. The van der Waals surface area contributed by atoms with Crippen LogP contribution in [0.2, 0.25) is 0 Å². The second-order valence-corrected chi connectivity index (χ2v) is 8.17. The molecular formula is C22H20FN3O3S. The maximum absolute atomic E-state index is 13.9. The summed E-state index contributed by atoms with van der Waals surface area (Å²) in [5.74, 6) is -1.33. The van der Waals surface area contributed by atoms with E-state index in [1.807, 2.05) is 12.1 Å². The Bertz CT molecular complexity index is 1010. The maximum Gasteiger partial charge on any atom is 0.294 e. The lowest BCUT2D eigenvalue weighted by atomic mass is 9.96. The molecule has 8 heteroatoms. The third kappa shape index (κ3) is 4.14. The number of carbonyl (C=O) groups excluding carboxylic acids is 3. The normalized spacial score (nSPS) is 20.8. The number of amides is 3. The summed E-state index contributed by atoms with van der Waals surface area (Å²) in [7, 11) is 0. The smallest absolute Gasteiger partial charge is 0.294 e. The van der Waals surface area contributed by atoms with Crippen molar-refractivity contribution < 1.29 is 18.8 Å². The Hall–Kier alpha value is -3.00. The first kappa shape index (κ1) is 20.3. The number of halogens is 1. The Morgan fingerprint density at radius 2 is 2.03 bits per heavy atom. The molecule has 2 aliphatic rings. The van der Waals surface area contributed by atoms with Crippen molar-refractivity contribution in [3.63, 3.8) is 0 Å². The van der Waals surface area contributed by atoms with Gasteiger partial charge in [0.05, 0.1) is 10.9 Å². The molecular weight excluding hydrogens is 405 g/mol. The minimum Gasteiger partial charge on any atom is -0.334 e. The van der Waals surface area contributed by atoms with Crippen LogP contribution in [0.15, 0.2) is 53.7 Å². The zero-order valence-corrected chi connectivity index (χ0v) is 17.0. The van der Waals surface area contributed by atoms with Crippen molar-refractivity contribution in [2.75, 3.05) is 13.1 Å². The lowest BCUT2D eigenvalue weighted by Gasteiger charge is -2.36. The predicted molar refractivity (Wildman–Crippen MR) is 112 cm³/mol. The van der Waals surface area contributed by atoms with E-state index in [0.29, 0.717) is 6.54 Å². The highest BCUT2D eigenvalue weighted by atomic mass is 32.2. The Labute approximate surface area is 177 Å². The molecule has 2 aromatic rings. The van der Waals surface area contributed by atoms with Crippen molar-refractivity contribution in [1.29, 1.82) is 0 Å². The van der Waals surface area contributed by atoms with Crippen molar-refractivity contribution in [3.8, 4) is 0 Å². The number of likely N-dealkylation sites (tertiary alicyclic amines) is 1. The Morgan fingerprint density at radius 1 is 1.20 bits per heavy atom. The summed E-state index contributed by atoms with van der Waals surface area (Å²) in [4.78, 5) is 45.0. The van der Waals surface area contributed by atoms with Crippen molar-refractivity contribution >= 4 is 34.9 Å². The van der Waals surface area contributed by atoms with Crippen molar-refractivity contribution in [3.05, 3.63) is 70.6 Å². The van der Waals surface area contributed by atoms with Crippen LogP contribution in [0.4, 0.5) is 9.18 Å². The first-order valence-corrected chi connectivity index (χ1v) is 10.6. The molecule has 4 rings (SSSR count). The molecule has 3 amide bonds. The molecule has 0 bridgehead atoms. The van der Waals surface area contributed by atoms with Gasteiger partial charge in [-0.05, 0) is 54.8 Å². The van der Waals surface area contributed by atoms with E-state index in [2.05, 4.69) is 4.98 Å². The van der Waals surface area contributed by atoms with E-state index in [-0.39, 0.29) is 29.0 Å². The van der Waals surface area contributed by atoms with Gasteiger partial charge in [-0.1, -0.05) is 24.3 Å². The van der Waals surface area contributed by atoms with Crippen molar-refractivity contribution in [2.45, 2.75) is 25.3 Å². The van der Waals surface area contributed by atoms with Crippen LogP contribution in [0.5, 0.6) is 0 Å². The number of rotatable bonds is 4. The highest BCUT2D eigenvalue weighted by Crippen LogP contribution is 2.34. The average molecular weight is 425 g/mol. The van der Waals surface area contributed by atoms with Gasteiger partial charge in [-0.15, -0.1) is 0 Å². The number of thioether (sulfide) groups is 1. The third-order valence-electron chi connectivity index (χ3n) is 5.25. The number of carbonyl (C=O) groups is 3. The first-order chi connectivity index (χ1) is 14.5. The zero-order valence-electron chi connectivity index (χ0n) is 16.2. The highest BCUT2D eigenvalue weighted by molar-refractivity contribution is 8.18. The SMILES string of the molecule is O=C1S/C(=C\c2ccccc2F)C(=O)N1CC(=O)N1CCCCC1c1cccnc1. The highest BCUT2D eigenvalue weighted by Gasteiger charge is 2.38. The van der Waals surface area contributed by atoms with Gasteiger partial charge < -0.3 is 4.90 Å². The molecule has 0 radical (unpaired) electrons. The van der Waals surface area contributed by atoms with Crippen LogP contribution in [0, 0.1) is 5.82 Å². The predicted octanol–water partition coefficient (Wildman–Crippen LogP) is 4.01. The van der Waals surface area contributed by atoms with E-state index >= 15 is 0 Å². The second-order valence-electron chi connectivity index (χ2n) is 7.17. The molecule has 30 heavy (non-hydrogen) atoms. The standard InChI is InChI=1S/C22H20FN3O3S/c23-17-8-2-1-6-15(17)12-19-21(28)26(22(29)30-19)14-20(27)25-11-4-3-9-18(25)16-7-5-10-24-13-16/h1-2,5-8,10,12-13,18H,3-4,9,11,14H2/b19-12-. The van der Waals surface area contributed by atoms with E-state index in [0.717, 1.165) is 41.5 Å². The number of piperidine rings is 1. The molecule has 0 saturated carbocycles. The van der Waals surface area contributed by atoms with Gasteiger partial charge in [-0.3, -0.25) is 24.3 Å². The number of imide groups is 1.